The normalized spacial score (nSPS) is 11.8. The Bertz CT molecular complexity index is 506. The zero-order valence-electron chi connectivity index (χ0n) is 8.32. The average Bonchev–Trinajstić information content (AvgIpc) is 2.78. The highest BCUT2D eigenvalue weighted by molar-refractivity contribution is 6.16. The number of alkyl halides is 4. The van der Waals surface area contributed by atoms with E-state index in [4.69, 9.17) is 11.6 Å². The van der Waals surface area contributed by atoms with Crippen molar-refractivity contribution in [2.24, 2.45) is 0 Å². The van der Waals surface area contributed by atoms with E-state index in [0.29, 0.717) is 5.69 Å². The third-order valence-electron chi connectivity index (χ3n) is 1.99. The Morgan fingerprint density at radius 2 is 2.00 bits per heavy atom. The molecule has 8 heteroatoms. The van der Waals surface area contributed by atoms with Crippen molar-refractivity contribution in [1.29, 1.82) is 0 Å². The van der Waals surface area contributed by atoms with Crippen LogP contribution in [0.15, 0.2) is 24.5 Å². The van der Waals surface area contributed by atoms with Crippen LogP contribution < -0.4 is 0 Å². The van der Waals surface area contributed by atoms with Crippen LogP contribution in [0.4, 0.5) is 13.2 Å². The maximum absolute atomic E-state index is 12.3. The van der Waals surface area contributed by atoms with Gasteiger partial charge in [-0.3, -0.25) is 0 Å². The zero-order chi connectivity index (χ0) is 12.5. The van der Waals surface area contributed by atoms with E-state index in [1.54, 1.807) is 6.07 Å². The summed E-state index contributed by atoms with van der Waals surface area (Å²) in [7, 11) is 0. The summed E-state index contributed by atoms with van der Waals surface area (Å²) in [5.74, 6) is 0.398. The van der Waals surface area contributed by atoms with Gasteiger partial charge in [-0.15, -0.1) is 16.7 Å². The van der Waals surface area contributed by atoms with E-state index >= 15 is 0 Å². The maximum Gasteiger partial charge on any atom is 0.419 e. The summed E-state index contributed by atoms with van der Waals surface area (Å²) >= 11 is 5.52. The molecule has 0 saturated heterocycles. The van der Waals surface area contributed by atoms with Crippen molar-refractivity contribution in [3.63, 3.8) is 0 Å². The van der Waals surface area contributed by atoms with Gasteiger partial charge in [0.1, 0.15) is 0 Å². The molecular weight excluding hydrogens is 257 g/mol. The molecule has 0 aliphatic carbocycles. The lowest BCUT2D eigenvalue weighted by atomic mass is 10.3. The van der Waals surface area contributed by atoms with Crippen molar-refractivity contribution in [1.82, 2.24) is 20.0 Å². The Kier molecular flexibility index (Phi) is 3.01. The highest BCUT2D eigenvalue weighted by Gasteiger charge is 2.32. The van der Waals surface area contributed by atoms with E-state index in [1.807, 2.05) is 0 Å². The highest BCUT2D eigenvalue weighted by Crippen LogP contribution is 2.28. The maximum atomic E-state index is 12.3. The van der Waals surface area contributed by atoms with Crippen LogP contribution in [0, 0.1) is 0 Å². The molecule has 0 bridgehead atoms. The molecular formula is C9H6ClF3N4. The molecule has 2 aromatic rings. The number of halogens is 4. The van der Waals surface area contributed by atoms with Gasteiger partial charge < -0.3 is 0 Å². The summed E-state index contributed by atoms with van der Waals surface area (Å²) in [6.07, 6.45) is -2.83. The third-order valence-corrected chi connectivity index (χ3v) is 2.26. The van der Waals surface area contributed by atoms with Gasteiger partial charge in [0.15, 0.2) is 5.82 Å². The molecule has 0 radical (unpaired) electrons. The fraction of sp³-hybridized carbons (Fsp3) is 0.222. The Morgan fingerprint density at radius 3 is 2.47 bits per heavy atom. The van der Waals surface area contributed by atoms with Crippen LogP contribution in [0.5, 0.6) is 0 Å². The Morgan fingerprint density at radius 1 is 1.24 bits per heavy atom. The van der Waals surface area contributed by atoms with Crippen LogP contribution in [0.2, 0.25) is 0 Å². The number of nitrogens with zero attached hydrogens (tertiary/aromatic N) is 4. The summed E-state index contributed by atoms with van der Waals surface area (Å²) in [5, 5.41) is 11.0. The van der Waals surface area contributed by atoms with E-state index in [-0.39, 0.29) is 11.7 Å². The van der Waals surface area contributed by atoms with Crippen LogP contribution in [0.1, 0.15) is 11.3 Å². The van der Waals surface area contributed by atoms with E-state index in [0.717, 1.165) is 17.1 Å². The SMILES string of the molecule is FC(F)(F)c1cnn(-c2ccc(CCl)nn2)c1. The number of hydrogen-bond acceptors (Lipinski definition) is 3. The van der Waals surface area contributed by atoms with Gasteiger partial charge in [0, 0.05) is 6.20 Å². The number of hydrogen-bond donors (Lipinski definition) is 0. The monoisotopic (exact) mass is 262 g/mol. The molecule has 90 valence electrons. The van der Waals surface area contributed by atoms with Crippen molar-refractivity contribution in [2.45, 2.75) is 12.1 Å². The van der Waals surface area contributed by atoms with Crippen LogP contribution in [-0.4, -0.2) is 20.0 Å². The lowest BCUT2D eigenvalue weighted by molar-refractivity contribution is -0.137. The second-order valence-electron chi connectivity index (χ2n) is 3.19. The lowest BCUT2D eigenvalue weighted by Gasteiger charge is -2.01. The predicted molar refractivity (Wildman–Crippen MR) is 53.7 cm³/mol. The van der Waals surface area contributed by atoms with Crippen LogP contribution >= 0.6 is 11.6 Å². The summed E-state index contributed by atoms with van der Waals surface area (Å²) in [6.45, 7) is 0. The molecule has 4 nitrogen and oxygen atoms in total. The minimum absolute atomic E-state index is 0.195. The predicted octanol–water partition coefficient (Wildman–Crippen LogP) is 2.42. The molecule has 0 aliphatic rings. The molecule has 0 amide bonds. The molecule has 0 atom stereocenters. The van der Waals surface area contributed by atoms with Crippen molar-refractivity contribution in [2.75, 3.05) is 0 Å². The Hall–Kier alpha value is -1.63. The number of rotatable bonds is 2. The second kappa shape index (κ2) is 4.33. The van der Waals surface area contributed by atoms with Gasteiger partial charge in [-0.2, -0.15) is 23.4 Å². The molecule has 0 aliphatic heterocycles. The van der Waals surface area contributed by atoms with Gasteiger partial charge in [0.2, 0.25) is 0 Å². The van der Waals surface area contributed by atoms with Crippen molar-refractivity contribution in [3.05, 3.63) is 35.8 Å². The number of aromatic nitrogens is 4. The fourth-order valence-corrected chi connectivity index (χ4v) is 1.28. The Labute approximate surface area is 99.0 Å². The van der Waals surface area contributed by atoms with E-state index in [1.165, 1.54) is 6.07 Å². The molecule has 0 N–H and O–H groups in total. The summed E-state index contributed by atoms with van der Waals surface area (Å²) in [4.78, 5) is 0. The van der Waals surface area contributed by atoms with E-state index < -0.39 is 11.7 Å². The molecule has 2 heterocycles. The van der Waals surface area contributed by atoms with Gasteiger partial charge in [-0.25, -0.2) is 4.68 Å². The summed E-state index contributed by atoms with van der Waals surface area (Å²) < 4.78 is 38.0. The van der Waals surface area contributed by atoms with Gasteiger partial charge in [0.05, 0.1) is 23.3 Å². The quantitative estimate of drug-likeness (QED) is 0.781. The van der Waals surface area contributed by atoms with Crippen LogP contribution in [0.3, 0.4) is 0 Å². The second-order valence-corrected chi connectivity index (χ2v) is 3.46. The third kappa shape index (κ3) is 2.55. The van der Waals surface area contributed by atoms with Crippen molar-refractivity contribution >= 4 is 11.6 Å². The molecule has 0 spiro atoms. The lowest BCUT2D eigenvalue weighted by Crippen LogP contribution is -2.04. The van der Waals surface area contributed by atoms with Gasteiger partial charge >= 0.3 is 6.18 Å². The summed E-state index contributed by atoms with van der Waals surface area (Å²) in [5.41, 5.74) is -0.292. The summed E-state index contributed by atoms with van der Waals surface area (Å²) in [6, 6.07) is 3.07. The molecule has 2 rings (SSSR count). The van der Waals surface area contributed by atoms with E-state index in [9.17, 15) is 13.2 Å². The Balaban J connectivity index is 2.30. The topological polar surface area (TPSA) is 43.6 Å². The van der Waals surface area contributed by atoms with Gasteiger partial charge in [-0.05, 0) is 12.1 Å². The van der Waals surface area contributed by atoms with Gasteiger partial charge in [0.25, 0.3) is 0 Å². The minimum Gasteiger partial charge on any atom is -0.220 e. The molecule has 0 saturated carbocycles. The first-order chi connectivity index (χ1) is 8.00. The molecule has 0 fully saturated rings. The minimum atomic E-state index is -4.41. The first-order valence-corrected chi connectivity index (χ1v) is 5.05. The molecule has 0 unspecified atom stereocenters. The standard InChI is InChI=1S/C9H6ClF3N4/c10-3-7-1-2-8(16-15-7)17-5-6(4-14-17)9(11,12)13/h1-2,4-5H,3H2. The molecule has 17 heavy (non-hydrogen) atoms. The van der Waals surface area contributed by atoms with Crippen molar-refractivity contribution in [3.8, 4) is 5.82 Å². The molecule has 2 aromatic heterocycles. The molecule has 0 aromatic carbocycles. The smallest absolute Gasteiger partial charge is 0.220 e. The first-order valence-electron chi connectivity index (χ1n) is 4.51. The van der Waals surface area contributed by atoms with Crippen LogP contribution in [0.25, 0.3) is 5.82 Å². The fourth-order valence-electron chi connectivity index (χ4n) is 1.14. The zero-order valence-corrected chi connectivity index (χ0v) is 9.07. The highest BCUT2D eigenvalue weighted by atomic mass is 35.5. The van der Waals surface area contributed by atoms with Gasteiger partial charge in [-0.1, -0.05) is 0 Å². The van der Waals surface area contributed by atoms with E-state index in [2.05, 4.69) is 15.3 Å². The van der Waals surface area contributed by atoms with Crippen molar-refractivity contribution < 1.29 is 13.2 Å². The average molecular weight is 263 g/mol. The largest absolute Gasteiger partial charge is 0.419 e. The first kappa shape index (κ1) is 11.8. The van der Waals surface area contributed by atoms with Crippen LogP contribution in [-0.2, 0) is 12.1 Å².